The van der Waals surface area contributed by atoms with Crippen LogP contribution in [0.2, 0.25) is 0 Å². The van der Waals surface area contributed by atoms with Gasteiger partial charge < -0.3 is 14.8 Å². The number of carbonyl (C=O) groups is 1. The first kappa shape index (κ1) is 21.8. The third kappa shape index (κ3) is 5.19. The molecule has 3 rings (SSSR count). The van der Waals surface area contributed by atoms with Crippen LogP contribution in [0.5, 0.6) is 11.5 Å². The molecule has 0 aliphatic heterocycles. The highest BCUT2D eigenvalue weighted by molar-refractivity contribution is 5.93. The van der Waals surface area contributed by atoms with E-state index >= 15 is 0 Å². The number of methoxy groups -OCH3 is 1. The number of nitro groups is 1. The van der Waals surface area contributed by atoms with E-state index in [-0.39, 0.29) is 23.4 Å². The summed E-state index contributed by atoms with van der Waals surface area (Å²) in [6.07, 6.45) is 0. The maximum absolute atomic E-state index is 12.3. The van der Waals surface area contributed by atoms with Gasteiger partial charge in [0, 0.05) is 17.5 Å². The Morgan fingerprint density at radius 2 is 1.65 bits per heavy atom. The fraction of sp³-hybridized carbons (Fsp3) is 0.208. The van der Waals surface area contributed by atoms with E-state index in [1.807, 2.05) is 42.5 Å². The fourth-order valence-electron chi connectivity index (χ4n) is 3.23. The average molecular weight is 420 g/mol. The van der Waals surface area contributed by atoms with Gasteiger partial charge in [-0.25, -0.2) is 0 Å². The number of benzene rings is 3. The highest BCUT2D eigenvalue weighted by Gasteiger charge is 2.22. The summed E-state index contributed by atoms with van der Waals surface area (Å²) in [5, 5.41) is 13.6. The molecule has 160 valence electrons. The fourth-order valence-corrected chi connectivity index (χ4v) is 3.23. The monoisotopic (exact) mass is 420 g/mol. The summed E-state index contributed by atoms with van der Waals surface area (Å²) in [6.45, 7) is 4.06. The number of ether oxygens (including phenoxy) is 2. The van der Waals surface area contributed by atoms with Crippen molar-refractivity contribution >= 4 is 17.3 Å². The Labute approximate surface area is 180 Å². The summed E-state index contributed by atoms with van der Waals surface area (Å²) in [7, 11) is 1.42. The first-order valence-corrected chi connectivity index (χ1v) is 9.72. The third-order valence-corrected chi connectivity index (χ3v) is 5.11. The lowest BCUT2D eigenvalue weighted by molar-refractivity contribution is -0.384. The van der Waals surface area contributed by atoms with Crippen LogP contribution in [-0.2, 0) is 10.2 Å². The summed E-state index contributed by atoms with van der Waals surface area (Å²) in [4.78, 5) is 22.7. The van der Waals surface area contributed by atoms with Crippen molar-refractivity contribution in [3.05, 3.63) is 94.0 Å². The van der Waals surface area contributed by atoms with Gasteiger partial charge in [-0.05, 0) is 29.3 Å². The van der Waals surface area contributed by atoms with E-state index in [9.17, 15) is 14.9 Å². The number of rotatable bonds is 8. The number of hydrogen-bond acceptors (Lipinski definition) is 5. The maximum atomic E-state index is 12.3. The van der Waals surface area contributed by atoms with Gasteiger partial charge in [0.1, 0.15) is 11.5 Å². The number of carbonyl (C=O) groups excluding carboxylic acids is 1. The van der Waals surface area contributed by atoms with Crippen LogP contribution < -0.4 is 14.8 Å². The topological polar surface area (TPSA) is 90.7 Å². The van der Waals surface area contributed by atoms with Crippen LogP contribution in [0.3, 0.4) is 0 Å². The number of nitrogens with zero attached hydrogens (tertiary/aromatic N) is 1. The zero-order valence-corrected chi connectivity index (χ0v) is 17.6. The highest BCUT2D eigenvalue weighted by Crippen LogP contribution is 2.32. The molecule has 0 unspecified atom stereocenters. The van der Waals surface area contributed by atoms with E-state index in [0.717, 1.165) is 5.56 Å². The molecule has 0 spiro atoms. The van der Waals surface area contributed by atoms with Crippen LogP contribution in [0, 0.1) is 10.1 Å². The Balaban J connectivity index is 1.64. The molecule has 0 heterocycles. The molecule has 0 radical (unpaired) electrons. The maximum Gasteiger partial charge on any atom is 0.271 e. The van der Waals surface area contributed by atoms with Crippen LogP contribution in [-0.4, -0.2) is 24.5 Å². The largest absolute Gasteiger partial charge is 0.495 e. The molecule has 1 N–H and O–H groups in total. The van der Waals surface area contributed by atoms with Crippen molar-refractivity contribution in [2.24, 2.45) is 0 Å². The van der Waals surface area contributed by atoms with E-state index < -0.39 is 10.8 Å². The van der Waals surface area contributed by atoms with E-state index in [0.29, 0.717) is 11.5 Å². The summed E-state index contributed by atoms with van der Waals surface area (Å²) in [6, 6.07) is 21.8. The second-order valence-corrected chi connectivity index (χ2v) is 7.49. The van der Waals surface area contributed by atoms with Gasteiger partial charge in [-0.15, -0.1) is 0 Å². The molecule has 0 atom stereocenters. The molecule has 7 heteroatoms. The lowest BCUT2D eigenvalue weighted by Crippen LogP contribution is -2.21. The number of anilines is 1. The van der Waals surface area contributed by atoms with Crippen molar-refractivity contribution in [2.45, 2.75) is 19.3 Å². The first-order valence-electron chi connectivity index (χ1n) is 9.72. The quantitative estimate of drug-likeness (QED) is 0.411. The zero-order valence-electron chi connectivity index (χ0n) is 17.6. The van der Waals surface area contributed by atoms with E-state index in [4.69, 9.17) is 9.47 Å². The Morgan fingerprint density at radius 3 is 2.26 bits per heavy atom. The van der Waals surface area contributed by atoms with Crippen LogP contribution in [0.15, 0.2) is 72.8 Å². The van der Waals surface area contributed by atoms with Gasteiger partial charge in [0.25, 0.3) is 11.6 Å². The molecule has 0 aliphatic rings. The summed E-state index contributed by atoms with van der Waals surface area (Å²) in [5.74, 6) is 0.424. The second kappa shape index (κ2) is 9.30. The molecular weight excluding hydrogens is 396 g/mol. The Morgan fingerprint density at radius 1 is 1.00 bits per heavy atom. The van der Waals surface area contributed by atoms with Gasteiger partial charge in [0.2, 0.25) is 0 Å². The number of non-ortho nitro benzene ring substituents is 1. The van der Waals surface area contributed by atoms with Crippen LogP contribution in [0.25, 0.3) is 0 Å². The standard InChI is InChI=1S/C24H24N2O5/c1-24(2,17-7-5-4-6-8-17)18-9-12-20(13-10-18)31-16-23(27)25-21-15-19(26(28)29)11-14-22(21)30-3/h4-15H,16H2,1-3H3,(H,25,27). The smallest absolute Gasteiger partial charge is 0.271 e. The summed E-state index contributed by atoms with van der Waals surface area (Å²) in [5.41, 5.74) is 2.22. The predicted octanol–water partition coefficient (Wildman–Crippen LogP) is 4.95. The second-order valence-electron chi connectivity index (χ2n) is 7.49. The lowest BCUT2D eigenvalue weighted by Gasteiger charge is -2.26. The van der Waals surface area contributed by atoms with Gasteiger partial charge >= 0.3 is 0 Å². The van der Waals surface area contributed by atoms with Gasteiger partial charge in [0.15, 0.2) is 6.61 Å². The van der Waals surface area contributed by atoms with Gasteiger partial charge in [-0.2, -0.15) is 0 Å². The van der Waals surface area contributed by atoms with Gasteiger partial charge in [0.05, 0.1) is 17.7 Å². The SMILES string of the molecule is COc1ccc([N+](=O)[O-])cc1NC(=O)COc1ccc(C(C)(C)c2ccccc2)cc1. The summed E-state index contributed by atoms with van der Waals surface area (Å²) >= 11 is 0. The van der Waals surface area contributed by atoms with Crippen LogP contribution in [0.1, 0.15) is 25.0 Å². The number of amides is 1. The molecule has 0 aromatic heterocycles. The van der Waals surface area contributed by atoms with E-state index in [1.165, 1.54) is 30.9 Å². The molecule has 0 bridgehead atoms. The highest BCUT2D eigenvalue weighted by atomic mass is 16.6. The minimum atomic E-state index is -0.538. The van der Waals surface area contributed by atoms with Crippen molar-refractivity contribution in [1.29, 1.82) is 0 Å². The Kier molecular flexibility index (Phi) is 6.55. The number of nitrogens with one attached hydrogen (secondary N) is 1. The summed E-state index contributed by atoms with van der Waals surface area (Å²) < 4.78 is 10.7. The average Bonchev–Trinajstić information content (AvgIpc) is 2.78. The predicted molar refractivity (Wildman–Crippen MR) is 119 cm³/mol. The zero-order chi connectivity index (χ0) is 22.4. The van der Waals surface area contributed by atoms with Gasteiger partial charge in [-0.1, -0.05) is 56.3 Å². The molecular formula is C24H24N2O5. The normalized spacial score (nSPS) is 10.9. The molecule has 0 aliphatic carbocycles. The van der Waals surface area contributed by atoms with Crippen LogP contribution in [0.4, 0.5) is 11.4 Å². The molecule has 3 aromatic carbocycles. The molecule has 1 amide bonds. The van der Waals surface area contributed by atoms with Crippen molar-refractivity contribution in [3.8, 4) is 11.5 Å². The van der Waals surface area contributed by atoms with Gasteiger partial charge in [-0.3, -0.25) is 14.9 Å². The third-order valence-electron chi connectivity index (χ3n) is 5.11. The van der Waals surface area contributed by atoms with E-state index in [2.05, 4.69) is 31.3 Å². The minimum Gasteiger partial charge on any atom is -0.495 e. The van der Waals surface area contributed by atoms with Crippen molar-refractivity contribution < 1.29 is 19.2 Å². The molecule has 3 aromatic rings. The Hall–Kier alpha value is -3.87. The van der Waals surface area contributed by atoms with Crippen molar-refractivity contribution in [1.82, 2.24) is 0 Å². The number of nitro benzene ring substituents is 1. The van der Waals surface area contributed by atoms with Crippen LogP contribution >= 0.6 is 0 Å². The van der Waals surface area contributed by atoms with Crippen molar-refractivity contribution in [2.75, 3.05) is 19.0 Å². The lowest BCUT2D eigenvalue weighted by atomic mass is 9.78. The first-order chi connectivity index (χ1) is 14.8. The number of hydrogen-bond donors (Lipinski definition) is 1. The molecule has 0 fully saturated rings. The molecule has 0 saturated carbocycles. The molecule has 7 nitrogen and oxygen atoms in total. The minimum absolute atomic E-state index is 0.145. The Bertz CT molecular complexity index is 1060. The molecule has 31 heavy (non-hydrogen) atoms. The van der Waals surface area contributed by atoms with E-state index in [1.54, 1.807) is 0 Å². The molecule has 0 saturated heterocycles. The van der Waals surface area contributed by atoms with Crippen molar-refractivity contribution in [3.63, 3.8) is 0 Å².